The van der Waals surface area contributed by atoms with Crippen molar-refractivity contribution in [3.8, 4) is 22.8 Å². The number of rotatable bonds is 6. The zero-order valence-corrected chi connectivity index (χ0v) is 12.2. The standard InChI is InChI=1S/C15H21N3O2/c1-4-5-8-18-10-17-14(15(18)16)12-7-6-11(19-2)9-13(12)20-3/h6-7,9-10H,4-5,8,16H2,1-3H3. The highest BCUT2D eigenvalue weighted by atomic mass is 16.5. The van der Waals surface area contributed by atoms with Crippen molar-refractivity contribution in [1.82, 2.24) is 9.55 Å². The minimum atomic E-state index is 0.668. The molecule has 0 amide bonds. The van der Waals surface area contributed by atoms with Crippen molar-refractivity contribution in [2.24, 2.45) is 0 Å². The average Bonchev–Trinajstić information content (AvgIpc) is 2.85. The number of aromatic nitrogens is 2. The maximum absolute atomic E-state index is 6.18. The molecule has 0 aliphatic rings. The van der Waals surface area contributed by atoms with Crippen LogP contribution in [0.5, 0.6) is 11.5 Å². The van der Waals surface area contributed by atoms with E-state index in [1.807, 2.05) is 22.8 Å². The second-order valence-corrected chi connectivity index (χ2v) is 4.59. The third kappa shape index (κ3) is 2.71. The van der Waals surface area contributed by atoms with E-state index in [2.05, 4.69) is 11.9 Å². The number of anilines is 1. The first kappa shape index (κ1) is 14.2. The van der Waals surface area contributed by atoms with Crippen LogP contribution in [0.25, 0.3) is 11.3 Å². The summed E-state index contributed by atoms with van der Waals surface area (Å²) in [7, 11) is 3.25. The van der Waals surface area contributed by atoms with Gasteiger partial charge in [-0.3, -0.25) is 0 Å². The summed E-state index contributed by atoms with van der Waals surface area (Å²) < 4.78 is 12.6. The van der Waals surface area contributed by atoms with Crippen molar-refractivity contribution >= 4 is 5.82 Å². The van der Waals surface area contributed by atoms with Gasteiger partial charge in [0.05, 0.1) is 20.5 Å². The van der Waals surface area contributed by atoms with Gasteiger partial charge < -0.3 is 19.8 Å². The predicted octanol–water partition coefficient (Wildman–Crippen LogP) is 2.95. The van der Waals surface area contributed by atoms with Crippen molar-refractivity contribution in [1.29, 1.82) is 0 Å². The molecule has 2 rings (SSSR count). The molecular formula is C15H21N3O2. The third-order valence-electron chi connectivity index (χ3n) is 3.29. The van der Waals surface area contributed by atoms with Gasteiger partial charge in [-0.25, -0.2) is 4.98 Å². The van der Waals surface area contributed by atoms with Gasteiger partial charge in [-0.05, 0) is 18.6 Å². The SMILES string of the molecule is CCCCn1cnc(-c2ccc(OC)cc2OC)c1N. The Morgan fingerprint density at radius 1 is 1.25 bits per heavy atom. The second kappa shape index (κ2) is 6.32. The van der Waals surface area contributed by atoms with E-state index in [1.54, 1.807) is 20.5 Å². The highest BCUT2D eigenvalue weighted by Crippen LogP contribution is 2.35. The van der Waals surface area contributed by atoms with E-state index in [-0.39, 0.29) is 0 Å². The molecule has 2 N–H and O–H groups in total. The maximum atomic E-state index is 6.18. The number of hydrogen-bond donors (Lipinski definition) is 1. The van der Waals surface area contributed by atoms with Gasteiger partial charge in [0.1, 0.15) is 23.0 Å². The molecule has 1 aromatic carbocycles. The minimum Gasteiger partial charge on any atom is -0.497 e. The summed E-state index contributed by atoms with van der Waals surface area (Å²) in [5, 5.41) is 0. The van der Waals surface area contributed by atoms with Gasteiger partial charge in [0.25, 0.3) is 0 Å². The molecule has 0 bridgehead atoms. The summed E-state index contributed by atoms with van der Waals surface area (Å²) in [6, 6.07) is 5.63. The lowest BCUT2D eigenvalue weighted by Crippen LogP contribution is -2.02. The van der Waals surface area contributed by atoms with Crippen LogP contribution < -0.4 is 15.2 Å². The van der Waals surface area contributed by atoms with Crippen LogP contribution >= 0.6 is 0 Å². The van der Waals surface area contributed by atoms with E-state index in [0.29, 0.717) is 11.6 Å². The van der Waals surface area contributed by atoms with Crippen molar-refractivity contribution < 1.29 is 9.47 Å². The first-order valence-corrected chi connectivity index (χ1v) is 6.74. The molecule has 0 aliphatic heterocycles. The summed E-state index contributed by atoms with van der Waals surface area (Å²) in [6.45, 7) is 3.04. The van der Waals surface area contributed by atoms with Crippen LogP contribution in [-0.2, 0) is 6.54 Å². The van der Waals surface area contributed by atoms with E-state index in [1.165, 1.54) is 0 Å². The zero-order valence-electron chi connectivity index (χ0n) is 12.2. The first-order valence-electron chi connectivity index (χ1n) is 6.74. The number of methoxy groups -OCH3 is 2. The van der Waals surface area contributed by atoms with Crippen LogP contribution in [0.3, 0.4) is 0 Å². The van der Waals surface area contributed by atoms with E-state index in [9.17, 15) is 0 Å². The van der Waals surface area contributed by atoms with Gasteiger partial charge in [-0.1, -0.05) is 13.3 Å². The van der Waals surface area contributed by atoms with Gasteiger partial charge in [-0.2, -0.15) is 0 Å². The van der Waals surface area contributed by atoms with E-state index >= 15 is 0 Å². The Morgan fingerprint density at radius 3 is 2.70 bits per heavy atom. The van der Waals surface area contributed by atoms with Gasteiger partial charge >= 0.3 is 0 Å². The lowest BCUT2D eigenvalue weighted by atomic mass is 10.1. The number of nitrogens with two attached hydrogens (primary N) is 1. The maximum Gasteiger partial charge on any atom is 0.132 e. The summed E-state index contributed by atoms with van der Waals surface area (Å²) >= 11 is 0. The zero-order chi connectivity index (χ0) is 14.5. The van der Waals surface area contributed by atoms with Gasteiger partial charge in [0.2, 0.25) is 0 Å². The fourth-order valence-corrected chi connectivity index (χ4v) is 2.10. The van der Waals surface area contributed by atoms with E-state index in [0.717, 1.165) is 36.4 Å². The normalized spacial score (nSPS) is 10.6. The van der Waals surface area contributed by atoms with Crippen LogP contribution in [0.15, 0.2) is 24.5 Å². The minimum absolute atomic E-state index is 0.668. The molecule has 0 aliphatic carbocycles. The molecular weight excluding hydrogens is 254 g/mol. The quantitative estimate of drug-likeness (QED) is 0.880. The summed E-state index contributed by atoms with van der Waals surface area (Å²) in [4.78, 5) is 4.42. The molecule has 0 atom stereocenters. The monoisotopic (exact) mass is 275 g/mol. The molecule has 5 heteroatoms. The number of nitrogens with zero attached hydrogens (tertiary/aromatic N) is 2. The molecule has 1 aromatic heterocycles. The molecule has 5 nitrogen and oxygen atoms in total. The van der Waals surface area contributed by atoms with Crippen molar-refractivity contribution in [2.45, 2.75) is 26.3 Å². The Labute approximate surface area is 119 Å². The Hall–Kier alpha value is -2.17. The van der Waals surface area contributed by atoms with Crippen molar-refractivity contribution in [3.05, 3.63) is 24.5 Å². The highest BCUT2D eigenvalue weighted by Gasteiger charge is 2.14. The fourth-order valence-electron chi connectivity index (χ4n) is 2.10. The second-order valence-electron chi connectivity index (χ2n) is 4.59. The number of unbranched alkanes of at least 4 members (excludes halogenated alkanes) is 1. The molecule has 0 saturated carbocycles. The molecule has 0 spiro atoms. The number of nitrogen functional groups attached to an aromatic ring is 1. The van der Waals surface area contributed by atoms with Crippen molar-refractivity contribution in [2.75, 3.05) is 20.0 Å². The lowest BCUT2D eigenvalue weighted by molar-refractivity contribution is 0.395. The molecule has 1 heterocycles. The molecule has 108 valence electrons. The first-order chi connectivity index (χ1) is 9.71. The van der Waals surface area contributed by atoms with Crippen molar-refractivity contribution in [3.63, 3.8) is 0 Å². The number of ether oxygens (including phenoxy) is 2. The average molecular weight is 275 g/mol. The molecule has 0 radical (unpaired) electrons. The van der Waals surface area contributed by atoms with E-state index < -0.39 is 0 Å². The number of aryl methyl sites for hydroxylation is 1. The van der Waals surface area contributed by atoms with Crippen LogP contribution in [0.4, 0.5) is 5.82 Å². The molecule has 20 heavy (non-hydrogen) atoms. The highest BCUT2D eigenvalue weighted by molar-refractivity contribution is 5.76. The molecule has 0 saturated heterocycles. The Morgan fingerprint density at radius 2 is 2.05 bits per heavy atom. The topological polar surface area (TPSA) is 62.3 Å². The summed E-state index contributed by atoms with van der Waals surface area (Å²) in [6.07, 6.45) is 3.99. The number of benzene rings is 1. The Balaban J connectivity index is 2.38. The number of hydrogen-bond acceptors (Lipinski definition) is 4. The summed E-state index contributed by atoms with van der Waals surface area (Å²) in [5.41, 5.74) is 7.81. The fraction of sp³-hybridized carbons (Fsp3) is 0.400. The Kier molecular flexibility index (Phi) is 4.50. The van der Waals surface area contributed by atoms with Gasteiger partial charge in [0, 0.05) is 18.2 Å². The predicted molar refractivity (Wildman–Crippen MR) is 80.1 cm³/mol. The molecule has 0 fully saturated rings. The number of imidazole rings is 1. The third-order valence-corrected chi connectivity index (χ3v) is 3.29. The van der Waals surface area contributed by atoms with E-state index in [4.69, 9.17) is 15.2 Å². The summed E-state index contributed by atoms with van der Waals surface area (Å²) in [5.74, 6) is 2.12. The van der Waals surface area contributed by atoms with Gasteiger partial charge in [-0.15, -0.1) is 0 Å². The van der Waals surface area contributed by atoms with Crippen LogP contribution in [-0.4, -0.2) is 23.8 Å². The lowest BCUT2D eigenvalue weighted by Gasteiger charge is -2.10. The Bertz CT molecular complexity index is 578. The van der Waals surface area contributed by atoms with Crippen LogP contribution in [0.2, 0.25) is 0 Å². The largest absolute Gasteiger partial charge is 0.497 e. The van der Waals surface area contributed by atoms with Crippen LogP contribution in [0.1, 0.15) is 19.8 Å². The molecule has 2 aromatic rings. The van der Waals surface area contributed by atoms with Gasteiger partial charge in [0.15, 0.2) is 0 Å². The smallest absolute Gasteiger partial charge is 0.132 e. The van der Waals surface area contributed by atoms with Crippen LogP contribution in [0, 0.1) is 0 Å². The molecule has 0 unspecified atom stereocenters.